The van der Waals surface area contributed by atoms with Crippen molar-refractivity contribution in [1.82, 2.24) is 14.7 Å². The largest absolute Gasteiger partial charge is 0.460 e. The smallest absolute Gasteiger partial charge is 0.135 e. The predicted molar refractivity (Wildman–Crippen MR) is 97.0 cm³/mol. The fraction of sp³-hybridized carbons (Fsp3) is 0.450. The minimum Gasteiger partial charge on any atom is -0.460 e. The minimum atomic E-state index is 0.626. The molecule has 5 heteroatoms. The number of fused-ring (bicyclic) bond motifs is 1. The number of nitriles is 1. The third-order valence-corrected chi connectivity index (χ3v) is 5.33. The van der Waals surface area contributed by atoms with Gasteiger partial charge in [0, 0.05) is 50.9 Å². The van der Waals surface area contributed by atoms with Crippen LogP contribution in [0.15, 0.2) is 40.8 Å². The molecule has 0 N–H and O–H groups in total. The number of hydrogen-bond acceptors (Lipinski definition) is 5. The molecule has 2 aliphatic heterocycles. The van der Waals surface area contributed by atoms with Gasteiger partial charge in [-0.15, -0.1) is 0 Å². The molecule has 0 saturated carbocycles. The number of furan rings is 1. The molecule has 4 rings (SSSR count). The standard InChI is InChI=1S/C20H24N4O/c1-22-8-10-24-11-9-23(14-17(24)13-22)15-18-6-7-20(25-18)19-5-3-2-4-16(19)12-21/h2-7,17H,8-11,13-15H2,1H3/t17-/m1/s1. The van der Waals surface area contributed by atoms with Crippen LogP contribution in [0.25, 0.3) is 11.3 Å². The van der Waals surface area contributed by atoms with Gasteiger partial charge >= 0.3 is 0 Å². The van der Waals surface area contributed by atoms with Gasteiger partial charge in [-0.05, 0) is 31.3 Å². The van der Waals surface area contributed by atoms with E-state index in [0.29, 0.717) is 11.6 Å². The molecule has 5 nitrogen and oxygen atoms in total. The third kappa shape index (κ3) is 3.47. The Morgan fingerprint density at radius 3 is 2.80 bits per heavy atom. The molecule has 0 aliphatic carbocycles. The molecule has 2 saturated heterocycles. The first kappa shape index (κ1) is 16.3. The van der Waals surface area contributed by atoms with Gasteiger partial charge in [0.25, 0.3) is 0 Å². The van der Waals surface area contributed by atoms with Crippen LogP contribution in [-0.2, 0) is 6.54 Å². The van der Waals surface area contributed by atoms with E-state index in [2.05, 4.69) is 27.8 Å². The zero-order chi connectivity index (χ0) is 17.2. The van der Waals surface area contributed by atoms with Crippen LogP contribution in [0, 0.1) is 11.3 Å². The Kier molecular flexibility index (Phi) is 4.58. The maximum absolute atomic E-state index is 9.27. The van der Waals surface area contributed by atoms with E-state index in [-0.39, 0.29) is 0 Å². The Balaban J connectivity index is 1.44. The van der Waals surface area contributed by atoms with E-state index in [1.165, 1.54) is 13.1 Å². The van der Waals surface area contributed by atoms with Crippen LogP contribution in [0.4, 0.5) is 0 Å². The zero-order valence-corrected chi connectivity index (χ0v) is 14.7. The van der Waals surface area contributed by atoms with Gasteiger partial charge in [0.2, 0.25) is 0 Å². The van der Waals surface area contributed by atoms with Crippen molar-refractivity contribution in [3.05, 3.63) is 47.7 Å². The summed E-state index contributed by atoms with van der Waals surface area (Å²) >= 11 is 0. The van der Waals surface area contributed by atoms with Crippen LogP contribution < -0.4 is 0 Å². The molecule has 0 unspecified atom stereocenters. The molecule has 0 bridgehead atoms. The Morgan fingerprint density at radius 2 is 1.92 bits per heavy atom. The number of nitrogens with zero attached hydrogens (tertiary/aromatic N) is 4. The van der Waals surface area contributed by atoms with Gasteiger partial charge in [-0.2, -0.15) is 5.26 Å². The van der Waals surface area contributed by atoms with Crippen molar-refractivity contribution in [3.8, 4) is 17.4 Å². The van der Waals surface area contributed by atoms with Gasteiger partial charge in [-0.1, -0.05) is 12.1 Å². The second-order valence-electron chi connectivity index (χ2n) is 7.11. The summed E-state index contributed by atoms with van der Waals surface area (Å²) in [7, 11) is 2.21. The topological polar surface area (TPSA) is 46.6 Å². The Labute approximate surface area is 149 Å². The molecule has 0 radical (unpaired) electrons. The SMILES string of the molecule is CN1CCN2CCN(Cc3ccc(-c4ccccc4C#N)o3)C[C@H]2C1. The van der Waals surface area contributed by atoms with Crippen molar-refractivity contribution >= 4 is 0 Å². The number of hydrogen-bond donors (Lipinski definition) is 0. The summed E-state index contributed by atoms with van der Waals surface area (Å²) in [5, 5.41) is 9.27. The second-order valence-corrected chi connectivity index (χ2v) is 7.11. The van der Waals surface area contributed by atoms with Crippen LogP contribution in [0.3, 0.4) is 0 Å². The molecule has 3 heterocycles. The predicted octanol–water partition coefficient (Wildman–Crippen LogP) is 2.25. The average Bonchev–Trinajstić information content (AvgIpc) is 3.09. The zero-order valence-electron chi connectivity index (χ0n) is 14.7. The summed E-state index contributed by atoms with van der Waals surface area (Å²) < 4.78 is 6.06. The molecule has 1 atom stereocenters. The van der Waals surface area contributed by atoms with E-state index >= 15 is 0 Å². The highest BCUT2D eigenvalue weighted by Crippen LogP contribution is 2.26. The third-order valence-electron chi connectivity index (χ3n) is 5.33. The van der Waals surface area contributed by atoms with Gasteiger partial charge < -0.3 is 9.32 Å². The maximum atomic E-state index is 9.27. The van der Waals surface area contributed by atoms with Gasteiger partial charge in [-0.3, -0.25) is 9.80 Å². The number of likely N-dealkylation sites (N-methyl/N-ethyl adjacent to an activating group) is 1. The van der Waals surface area contributed by atoms with Gasteiger partial charge in [0.15, 0.2) is 0 Å². The lowest BCUT2D eigenvalue weighted by Gasteiger charge is -2.46. The first-order valence-corrected chi connectivity index (χ1v) is 8.96. The van der Waals surface area contributed by atoms with Crippen molar-refractivity contribution < 1.29 is 4.42 Å². The number of benzene rings is 1. The van der Waals surface area contributed by atoms with Crippen LogP contribution in [0.2, 0.25) is 0 Å². The monoisotopic (exact) mass is 336 g/mol. The van der Waals surface area contributed by atoms with Crippen LogP contribution >= 0.6 is 0 Å². The molecule has 25 heavy (non-hydrogen) atoms. The van der Waals surface area contributed by atoms with Crippen LogP contribution in [0.5, 0.6) is 0 Å². The van der Waals surface area contributed by atoms with Crippen LogP contribution in [-0.4, -0.2) is 67.1 Å². The van der Waals surface area contributed by atoms with Gasteiger partial charge in [0.05, 0.1) is 18.2 Å². The summed E-state index contributed by atoms with van der Waals surface area (Å²) in [5.74, 6) is 1.75. The van der Waals surface area contributed by atoms with Crippen LogP contribution in [0.1, 0.15) is 11.3 Å². The van der Waals surface area contributed by atoms with E-state index in [9.17, 15) is 5.26 Å². The van der Waals surface area contributed by atoms with E-state index in [1.807, 2.05) is 36.4 Å². The van der Waals surface area contributed by atoms with Crippen molar-refractivity contribution in [2.75, 3.05) is 46.3 Å². The van der Waals surface area contributed by atoms with Crippen molar-refractivity contribution in [2.45, 2.75) is 12.6 Å². The first-order chi connectivity index (χ1) is 12.2. The molecule has 130 valence electrons. The van der Waals surface area contributed by atoms with Crippen molar-refractivity contribution in [3.63, 3.8) is 0 Å². The highest BCUT2D eigenvalue weighted by atomic mass is 16.3. The molecular formula is C20H24N4O. The van der Waals surface area contributed by atoms with E-state index in [0.717, 1.165) is 49.8 Å². The van der Waals surface area contributed by atoms with E-state index < -0.39 is 0 Å². The molecule has 0 spiro atoms. The normalized spacial score (nSPS) is 22.5. The molecule has 1 aromatic carbocycles. The maximum Gasteiger partial charge on any atom is 0.135 e. The van der Waals surface area contributed by atoms with Crippen molar-refractivity contribution in [1.29, 1.82) is 5.26 Å². The Bertz CT molecular complexity index is 778. The lowest BCUT2D eigenvalue weighted by molar-refractivity contribution is 0.0155. The summed E-state index contributed by atoms with van der Waals surface area (Å²) in [6.45, 7) is 7.67. The fourth-order valence-electron chi connectivity index (χ4n) is 3.94. The molecule has 2 aromatic rings. The lowest BCUT2D eigenvalue weighted by atomic mass is 10.1. The molecule has 2 aliphatic rings. The summed E-state index contributed by atoms with van der Waals surface area (Å²) in [6, 6.07) is 14.5. The average molecular weight is 336 g/mol. The molecule has 1 aromatic heterocycles. The Morgan fingerprint density at radius 1 is 1.08 bits per heavy atom. The van der Waals surface area contributed by atoms with E-state index in [1.54, 1.807) is 0 Å². The highest BCUT2D eigenvalue weighted by molar-refractivity contribution is 5.66. The summed E-state index contributed by atoms with van der Waals surface area (Å²) in [6.07, 6.45) is 0. The number of piperazine rings is 2. The molecular weight excluding hydrogens is 312 g/mol. The minimum absolute atomic E-state index is 0.626. The lowest BCUT2D eigenvalue weighted by Crippen LogP contribution is -2.60. The molecule has 2 fully saturated rings. The van der Waals surface area contributed by atoms with Crippen molar-refractivity contribution in [2.24, 2.45) is 0 Å². The fourth-order valence-corrected chi connectivity index (χ4v) is 3.94. The quantitative estimate of drug-likeness (QED) is 0.860. The van der Waals surface area contributed by atoms with Gasteiger partial charge in [-0.25, -0.2) is 0 Å². The Hall–Kier alpha value is -2.13. The molecule has 0 amide bonds. The summed E-state index contributed by atoms with van der Waals surface area (Å²) in [5.41, 5.74) is 1.53. The van der Waals surface area contributed by atoms with Gasteiger partial charge in [0.1, 0.15) is 11.5 Å². The van der Waals surface area contributed by atoms with E-state index in [4.69, 9.17) is 4.42 Å². The number of rotatable bonds is 3. The summed E-state index contributed by atoms with van der Waals surface area (Å²) in [4.78, 5) is 7.53. The highest BCUT2D eigenvalue weighted by Gasteiger charge is 2.31. The second kappa shape index (κ2) is 7.01. The first-order valence-electron chi connectivity index (χ1n) is 8.96.